The maximum Gasteiger partial charge on any atom is 0.343 e. The van der Waals surface area contributed by atoms with Crippen molar-refractivity contribution in [1.29, 1.82) is 0 Å². The topological polar surface area (TPSA) is 54.4 Å². The first-order valence-electron chi connectivity index (χ1n) is 6.69. The van der Waals surface area contributed by atoms with Crippen LogP contribution in [-0.2, 0) is 16.0 Å². The maximum atomic E-state index is 10.9. The van der Waals surface area contributed by atoms with Gasteiger partial charge in [-0.3, -0.25) is 0 Å². The van der Waals surface area contributed by atoms with Gasteiger partial charge in [-0.15, -0.1) is 0 Å². The number of carbonyl (C=O) groups excluding carboxylic acids is 1. The van der Waals surface area contributed by atoms with Crippen LogP contribution in [0.4, 0.5) is 0 Å². The van der Waals surface area contributed by atoms with E-state index < -0.39 is 5.97 Å². The molecule has 1 aliphatic carbocycles. The molecule has 0 atom stereocenters. The Bertz CT molecular complexity index is 533. The summed E-state index contributed by atoms with van der Waals surface area (Å²) in [5.74, 6) is 0.945. The van der Waals surface area contributed by atoms with Crippen molar-refractivity contribution in [2.45, 2.75) is 44.9 Å². The number of carbonyl (C=O) groups is 1. The van der Waals surface area contributed by atoms with Gasteiger partial charge in [0.1, 0.15) is 11.5 Å². The summed E-state index contributed by atoms with van der Waals surface area (Å²) in [7, 11) is 0. The summed E-state index contributed by atoms with van der Waals surface area (Å²) in [6.07, 6.45) is 5.11. The van der Waals surface area contributed by atoms with Crippen LogP contribution in [0.2, 0.25) is 0 Å². The molecule has 2 rings (SSSR count). The molecule has 100 valence electrons. The molecule has 0 spiro atoms. The lowest BCUT2D eigenvalue weighted by atomic mass is 9.89. The lowest BCUT2D eigenvalue weighted by Crippen LogP contribution is -2.07. The summed E-state index contributed by atoms with van der Waals surface area (Å²) in [5.41, 5.74) is 3.16. The highest BCUT2D eigenvalue weighted by atomic mass is 16.4. The molecule has 0 amide bonds. The Morgan fingerprint density at radius 3 is 2.63 bits per heavy atom. The summed E-state index contributed by atoms with van der Waals surface area (Å²) < 4.78 is 0. The third-order valence-corrected chi connectivity index (χ3v) is 4.03. The quantitative estimate of drug-likeness (QED) is 0.667. The van der Waals surface area contributed by atoms with Crippen molar-refractivity contribution in [3.8, 4) is 0 Å². The van der Waals surface area contributed by atoms with E-state index in [0.29, 0.717) is 5.92 Å². The van der Waals surface area contributed by atoms with Crippen molar-refractivity contribution in [2.75, 3.05) is 0 Å². The lowest BCUT2D eigenvalue weighted by Gasteiger charge is -2.16. The average molecular weight is 258 g/mol. The van der Waals surface area contributed by atoms with Crippen LogP contribution in [-0.4, -0.2) is 17.0 Å². The summed E-state index contributed by atoms with van der Waals surface area (Å²) in [5, 5.41) is 8.91. The molecule has 1 aliphatic rings. The van der Waals surface area contributed by atoms with Crippen molar-refractivity contribution in [2.24, 2.45) is 0 Å². The Kier molecular flexibility index (Phi) is 4.18. The lowest BCUT2D eigenvalue weighted by molar-refractivity contribution is -0.132. The van der Waals surface area contributed by atoms with Gasteiger partial charge >= 0.3 is 5.97 Å². The van der Waals surface area contributed by atoms with Gasteiger partial charge in [-0.2, -0.15) is 0 Å². The number of rotatable bonds is 4. The molecule has 1 aromatic carbocycles. The number of hydrogen-bond donors (Lipinski definition) is 1. The predicted molar refractivity (Wildman–Crippen MR) is 72.9 cm³/mol. The fraction of sp³-hybridized carbons (Fsp3) is 0.438. The molecular formula is C16H18O3. The van der Waals surface area contributed by atoms with Crippen LogP contribution in [0.15, 0.2) is 23.8 Å². The van der Waals surface area contributed by atoms with Gasteiger partial charge in [0.25, 0.3) is 0 Å². The highest BCUT2D eigenvalue weighted by molar-refractivity contribution is 5.95. The van der Waals surface area contributed by atoms with Gasteiger partial charge in [0.15, 0.2) is 0 Å². The van der Waals surface area contributed by atoms with Gasteiger partial charge in [-0.05, 0) is 42.4 Å². The van der Waals surface area contributed by atoms with Crippen LogP contribution in [0, 0.1) is 6.92 Å². The van der Waals surface area contributed by atoms with Gasteiger partial charge in [-0.1, -0.05) is 31.0 Å². The summed E-state index contributed by atoms with van der Waals surface area (Å²) >= 11 is 0. The second-order valence-electron chi connectivity index (χ2n) is 5.18. The monoisotopic (exact) mass is 258 g/mol. The largest absolute Gasteiger partial charge is 0.477 e. The Labute approximate surface area is 113 Å². The van der Waals surface area contributed by atoms with Gasteiger partial charge in [-0.25, -0.2) is 9.59 Å². The van der Waals surface area contributed by atoms with Crippen molar-refractivity contribution < 1.29 is 14.7 Å². The van der Waals surface area contributed by atoms with Crippen molar-refractivity contribution in [1.82, 2.24) is 0 Å². The molecule has 0 radical (unpaired) electrons. The normalized spacial score (nSPS) is 15.2. The maximum absolute atomic E-state index is 10.9. The van der Waals surface area contributed by atoms with Crippen molar-refractivity contribution in [3.63, 3.8) is 0 Å². The number of aliphatic carboxylic acids is 1. The zero-order valence-corrected chi connectivity index (χ0v) is 11.1. The van der Waals surface area contributed by atoms with Gasteiger partial charge in [0.2, 0.25) is 0 Å². The van der Waals surface area contributed by atoms with Gasteiger partial charge < -0.3 is 5.11 Å². The predicted octanol–water partition coefficient (Wildman–Crippen LogP) is 3.04. The molecule has 19 heavy (non-hydrogen) atoms. The summed E-state index contributed by atoms with van der Waals surface area (Å²) in [6.45, 7) is 2.02. The van der Waals surface area contributed by atoms with Gasteiger partial charge in [0, 0.05) is 6.42 Å². The highest BCUT2D eigenvalue weighted by Crippen LogP contribution is 2.36. The van der Waals surface area contributed by atoms with E-state index in [1.807, 2.05) is 19.1 Å². The van der Waals surface area contributed by atoms with Gasteiger partial charge in [0.05, 0.1) is 0 Å². The average Bonchev–Trinajstić information content (AvgIpc) is 2.91. The number of hydrogen-bond acceptors (Lipinski definition) is 2. The summed E-state index contributed by atoms with van der Waals surface area (Å²) in [4.78, 5) is 21.5. The number of carboxylic acids is 1. The van der Waals surface area contributed by atoms with Crippen LogP contribution in [0.3, 0.4) is 0 Å². The van der Waals surface area contributed by atoms with Crippen molar-refractivity contribution in [3.05, 3.63) is 40.5 Å². The van der Waals surface area contributed by atoms with Crippen LogP contribution in [0.1, 0.15) is 48.3 Å². The highest BCUT2D eigenvalue weighted by Gasteiger charge is 2.20. The van der Waals surface area contributed by atoms with E-state index in [1.54, 1.807) is 0 Å². The van der Waals surface area contributed by atoms with Crippen molar-refractivity contribution >= 4 is 11.9 Å². The zero-order valence-electron chi connectivity index (χ0n) is 11.1. The summed E-state index contributed by atoms with van der Waals surface area (Å²) in [6, 6.07) is 5.98. The van der Waals surface area contributed by atoms with Crippen LogP contribution >= 0.6 is 0 Å². The first kappa shape index (κ1) is 13.6. The molecule has 0 aromatic heterocycles. The molecule has 0 aliphatic heterocycles. The second-order valence-corrected chi connectivity index (χ2v) is 5.18. The minimum absolute atomic E-state index is 0.158. The Morgan fingerprint density at radius 2 is 2.05 bits per heavy atom. The Morgan fingerprint density at radius 1 is 1.37 bits per heavy atom. The number of benzene rings is 1. The molecule has 1 N–H and O–H groups in total. The molecular weight excluding hydrogens is 240 g/mol. The molecule has 3 heteroatoms. The fourth-order valence-electron chi connectivity index (χ4n) is 2.92. The molecule has 1 saturated carbocycles. The molecule has 3 nitrogen and oxygen atoms in total. The van der Waals surface area contributed by atoms with E-state index in [0.717, 1.165) is 11.1 Å². The van der Waals surface area contributed by atoms with Crippen LogP contribution < -0.4 is 0 Å². The molecule has 0 unspecified atom stereocenters. The molecule has 1 aromatic rings. The van der Waals surface area contributed by atoms with E-state index in [1.165, 1.54) is 37.2 Å². The van der Waals surface area contributed by atoms with E-state index in [2.05, 4.69) is 6.07 Å². The Hall–Kier alpha value is -1.86. The van der Waals surface area contributed by atoms with E-state index in [9.17, 15) is 9.59 Å². The minimum Gasteiger partial charge on any atom is -0.477 e. The fourth-order valence-corrected chi connectivity index (χ4v) is 2.92. The smallest absolute Gasteiger partial charge is 0.343 e. The molecule has 0 saturated heterocycles. The minimum atomic E-state index is -1.18. The second kappa shape index (κ2) is 5.85. The third-order valence-electron chi connectivity index (χ3n) is 4.03. The third kappa shape index (κ3) is 2.94. The Balaban J connectivity index is 2.29. The first-order valence-corrected chi connectivity index (χ1v) is 6.69. The van der Waals surface area contributed by atoms with Crippen LogP contribution in [0.5, 0.6) is 0 Å². The molecule has 0 heterocycles. The zero-order chi connectivity index (χ0) is 13.8. The molecule has 0 bridgehead atoms. The molecule has 1 fully saturated rings. The van der Waals surface area contributed by atoms with Crippen LogP contribution in [0.25, 0.3) is 0 Å². The SMILES string of the molecule is Cc1c(CC(=C=O)C(=O)O)cccc1C1CCCC1. The van der Waals surface area contributed by atoms with E-state index >= 15 is 0 Å². The standard InChI is InChI=1S/C16H18O3/c1-11-13(9-14(10-17)16(18)19)7-4-8-15(11)12-5-2-3-6-12/h4,7-8,12H,2-3,5-6,9H2,1H3,(H,18,19). The van der Waals surface area contributed by atoms with E-state index in [-0.39, 0.29) is 12.0 Å². The number of carboxylic acid groups (broad SMARTS) is 1. The van der Waals surface area contributed by atoms with E-state index in [4.69, 9.17) is 5.11 Å². The first-order chi connectivity index (χ1) is 9.13.